The number of aryl methyl sites for hydroxylation is 2. The molecule has 0 saturated carbocycles. The molecule has 2 N–H and O–H groups in total. The smallest absolute Gasteiger partial charge is 0.338 e. The normalized spacial score (nSPS) is 11.4. The molecule has 0 spiro atoms. The predicted octanol–water partition coefficient (Wildman–Crippen LogP) is 7.88. The lowest BCUT2D eigenvalue weighted by Gasteiger charge is -2.10. The van der Waals surface area contributed by atoms with Crippen molar-refractivity contribution in [1.29, 1.82) is 0 Å². The van der Waals surface area contributed by atoms with Gasteiger partial charge in [-0.3, -0.25) is 0 Å². The molecule has 3 nitrogen and oxygen atoms in total. The molecule has 36 heavy (non-hydrogen) atoms. The molecule has 0 bridgehead atoms. The number of nitrogens with one attached hydrogen (secondary N) is 1. The van der Waals surface area contributed by atoms with E-state index < -0.39 is 11.8 Å². The molecular weight excluding hydrogens is 449 g/mol. The van der Waals surface area contributed by atoms with Crippen LogP contribution in [0.3, 0.4) is 0 Å². The predicted molar refractivity (Wildman–Crippen MR) is 146 cm³/mol. The SMILES string of the molecule is CCCCc1ccc(C#CC(CC)CCCc2ccc(NCc3ccc(F)c(C(=O)O)c3)cc2)cc1. The fourth-order valence-electron chi connectivity index (χ4n) is 4.09. The number of halogens is 1. The van der Waals surface area contributed by atoms with E-state index in [4.69, 9.17) is 5.11 Å². The minimum Gasteiger partial charge on any atom is -0.478 e. The highest BCUT2D eigenvalue weighted by Crippen LogP contribution is 2.17. The van der Waals surface area contributed by atoms with Crippen LogP contribution in [0, 0.1) is 23.6 Å². The largest absolute Gasteiger partial charge is 0.478 e. The first-order chi connectivity index (χ1) is 17.5. The summed E-state index contributed by atoms with van der Waals surface area (Å²) in [6.45, 7) is 4.85. The number of rotatable bonds is 12. The van der Waals surface area contributed by atoms with Crippen LogP contribution in [0.4, 0.5) is 10.1 Å². The lowest BCUT2D eigenvalue weighted by atomic mass is 9.97. The lowest BCUT2D eigenvalue weighted by Crippen LogP contribution is -2.05. The molecular formula is C32H36FNO2. The molecule has 4 heteroatoms. The van der Waals surface area contributed by atoms with Crippen molar-refractivity contribution in [2.75, 3.05) is 5.32 Å². The minimum absolute atomic E-state index is 0.306. The zero-order valence-electron chi connectivity index (χ0n) is 21.3. The van der Waals surface area contributed by atoms with E-state index in [1.54, 1.807) is 6.07 Å². The molecule has 0 aliphatic heterocycles. The standard InChI is InChI=1S/C32H36FNO2/c1-3-5-7-25-12-14-27(15-13-25)11-10-24(4-2)8-6-9-26-16-19-29(20-17-26)34-23-28-18-21-31(33)30(22-28)32(35)36/h12-22,24,34H,3-9,23H2,1-2H3,(H,35,36). The Morgan fingerprint density at radius 3 is 2.19 bits per heavy atom. The number of carbonyl (C=O) groups is 1. The van der Waals surface area contributed by atoms with Crippen LogP contribution < -0.4 is 5.32 Å². The van der Waals surface area contributed by atoms with Crippen LogP contribution in [0.15, 0.2) is 66.7 Å². The first-order valence-corrected chi connectivity index (χ1v) is 12.9. The van der Waals surface area contributed by atoms with E-state index in [0.29, 0.717) is 12.5 Å². The monoisotopic (exact) mass is 485 g/mol. The first kappa shape index (κ1) is 27.0. The van der Waals surface area contributed by atoms with Crippen molar-refractivity contribution in [2.24, 2.45) is 5.92 Å². The molecule has 0 heterocycles. The van der Waals surface area contributed by atoms with Gasteiger partial charge in [-0.2, -0.15) is 0 Å². The maximum absolute atomic E-state index is 13.6. The van der Waals surface area contributed by atoms with Gasteiger partial charge in [0.2, 0.25) is 0 Å². The van der Waals surface area contributed by atoms with Crippen molar-refractivity contribution >= 4 is 11.7 Å². The third-order valence-electron chi connectivity index (χ3n) is 6.42. The first-order valence-electron chi connectivity index (χ1n) is 12.9. The van der Waals surface area contributed by atoms with Crippen molar-refractivity contribution in [3.05, 3.63) is 100 Å². The van der Waals surface area contributed by atoms with Crippen molar-refractivity contribution in [3.8, 4) is 11.8 Å². The highest BCUT2D eigenvalue weighted by atomic mass is 19.1. The molecule has 3 rings (SSSR count). The number of benzene rings is 3. The minimum atomic E-state index is -1.26. The van der Waals surface area contributed by atoms with E-state index in [1.807, 2.05) is 12.1 Å². The molecule has 3 aromatic rings. The third kappa shape index (κ3) is 8.57. The second-order valence-corrected chi connectivity index (χ2v) is 9.24. The van der Waals surface area contributed by atoms with Gasteiger partial charge in [-0.05, 0) is 91.6 Å². The Morgan fingerprint density at radius 1 is 0.917 bits per heavy atom. The summed E-state index contributed by atoms with van der Waals surface area (Å²) in [5.41, 5.74) is 5.12. The zero-order valence-corrected chi connectivity index (χ0v) is 21.3. The molecule has 188 valence electrons. The Bertz CT molecular complexity index is 1170. The Balaban J connectivity index is 1.45. The number of carboxylic acids is 1. The Hall–Kier alpha value is -3.58. The Kier molecular flexibility index (Phi) is 10.6. The zero-order chi connectivity index (χ0) is 25.8. The molecule has 1 unspecified atom stereocenters. The van der Waals surface area contributed by atoms with Gasteiger partial charge in [-0.1, -0.05) is 62.4 Å². The van der Waals surface area contributed by atoms with Crippen molar-refractivity contribution in [2.45, 2.75) is 65.3 Å². The van der Waals surface area contributed by atoms with Gasteiger partial charge in [0.15, 0.2) is 0 Å². The van der Waals surface area contributed by atoms with Gasteiger partial charge in [-0.25, -0.2) is 9.18 Å². The number of anilines is 1. The van der Waals surface area contributed by atoms with Crippen LogP contribution in [0.25, 0.3) is 0 Å². The highest BCUT2D eigenvalue weighted by Gasteiger charge is 2.10. The maximum atomic E-state index is 13.6. The second kappa shape index (κ2) is 14.1. The van der Waals surface area contributed by atoms with Gasteiger partial charge >= 0.3 is 5.97 Å². The number of carboxylic acid groups (broad SMARTS) is 1. The van der Waals surface area contributed by atoms with Crippen LogP contribution in [-0.2, 0) is 19.4 Å². The average Bonchev–Trinajstić information content (AvgIpc) is 2.90. The molecule has 1 atom stereocenters. The van der Waals surface area contributed by atoms with Gasteiger partial charge in [0.1, 0.15) is 5.82 Å². The van der Waals surface area contributed by atoms with E-state index in [-0.39, 0.29) is 5.56 Å². The van der Waals surface area contributed by atoms with Gasteiger partial charge in [0.05, 0.1) is 5.56 Å². The van der Waals surface area contributed by atoms with E-state index in [0.717, 1.165) is 48.9 Å². The third-order valence-corrected chi connectivity index (χ3v) is 6.42. The quantitative estimate of drug-likeness (QED) is 0.257. The summed E-state index contributed by atoms with van der Waals surface area (Å²) in [5.74, 6) is 5.26. The van der Waals surface area contributed by atoms with Crippen LogP contribution in [0.2, 0.25) is 0 Å². The molecule has 0 radical (unpaired) electrons. The van der Waals surface area contributed by atoms with E-state index in [1.165, 1.54) is 36.1 Å². The Morgan fingerprint density at radius 2 is 1.56 bits per heavy atom. The number of aromatic carboxylic acids is 1. The molecule has 0 aromatic heterocycles. The molecule has 0 aliphatic rings. The van der Waals surface area contributed by atoms with E-state index in [9.17, 15) is 9.18 Å². The topological polar surface area (TPSA) is 49.3 Å². The number of hydrogen-bond donors (Lipinski definition) is 2. The average molecular weight is 486 g/mol. The molecule has 0 saturated heterocycles. The summed E-state index contributed by atoms with van der Waals surface area (Å²) in [4.78, 5) is 11.1. The highest BCUT2D eigenvalue weighted by molar-refractivity contribution is 5.88. The molecule has 0 amide bonds. The summed E-state index contributed by atoms with van der Waals surface area (Å²) in [6.07, 6.45) is 7.81. The fourth-order valence-corrected chi connectivity index (χ4v) is 4.09. The molecule has 3 aromatic carbocycles. The molecule has 0 aliphatic carbocycles. The second-order valence-electron chi connectivity index (χ2n) is 9.24. The number of unbranched alkanes of at least 4 members (excludes halogenated alkanes) is 1. The van der Waals surface area contributed by atoms with Gasteiger partial charge in [0, 0.05) is 23.7 Å². The summed E-state index contributed by atoms with van der Waals surface area (Å²) < 4.78 is 13.6. The Labute approximate surface area is 214 Å². The van der Waals surface area contributed by atoms with Crippen LogP contribution in [0.5, 0.6) is 0 Å². The van der Waals surface area contributed by atoms with Crippen molar-refractivity contribution in [1.82, 2.24) is 0 Å². The van der Waals surface area contributed by atoms with Gasteiger partial charge in [0.25, 0.3) is 0 Å². The van der Waals surface area contributed by atoms with Crippen LogP contribution in [0.1, 0.15) is 78.6 Å². The van der Waals surface area contributed by atoms with Gasteiger partial charge < -0.3 is 10.4 Å². The van der Waals surface area contributed by atoms with Crippen molar-refractivity contribution in [3.63, 3.8) is 0 Å². The van der Waals surface area contributed by atoms with Crippen molar-refractivity contribution < 1.29 is 14.3 Å². The summed E-state index contributed by atoms with van der Waals surface area (Å²) >= 11 is 0. The van der Waals surface area contributed by atoms with E-state index in [2.05, 4.69) is 67.4 Å². The van der Waals surface area contributed by atoms with Gasteiger partial charge in [-0.15, -0.1) is 0 Å². The summed E-state index contributed by atoms with van der Waals surface area (Å²) in [5, 5.41) is 12.3. The maximum Gasteiger partial charge on any atom is 0.338 e. The fraction of sp³-hybridized carbons (Fsp3) is 0.344. The lowest BCUT2D eigenvalue weighted by molar-refractivity contribution is 0.0691. The number of hydrogen-bond acceptors (Lipinski definition) is 2. The summed E-state index contributed by atoms with van der Waals surface area (Å²) in [6, 6.07) is 21.1. The summed E-state index contributed by atoms with van der Waals surface area (Å²) in [7, 11) is 0. The molecule has 0 fully saturated rings. The van der Waals surface area contributed by atoms with E-state index >= 15 is 0 Å². The van der Waals surface area contributed by atoms with Crippen LogP contribution in [-0.4, -0.2) is 11.1 Å². The van der Waals surface area contributed by atoms with Crippen LogP contribution >= 0.6 is 0 Å².